The van der Waals surface area contributed by atoms with E-state index in [1.54, 1.807) is 70.2 Å². The van der Waals surface area contributed by atoms with Crippen LogP contribution in [0.1, 0.15) is 56.3 Å². The molecule has 3 aromatic carbocycles. The van der Waals surface area contributed by atoms with Crippen molar-refractivity contribution in [3.05, 3.63) is 76.3 Å². The van der Waals surface area contributed by atoms with Gasteiger partial charge in [0.25, 0.3) is 5.91 Å². The molecule has 0 aliphatic carbocycles. The maximum absolute atomic E-state index is 14.2. The summed E-state index contributed by atoms with van der Waals surface area (Å²) >= 11 is 6.13. The normalized spacial score (nSPS) is 13.6. The average Bonchev–Trinajstić information content (AvgIpc) is 3.37. The van der Waals surface area contributed by atoms with E-state index in [4.69, 9.17) is 25.8 Å². The summed E-state index contributed by atoms with van der Waals surface area (Å²) in [5.74, 6) is -0.197. The van der Waals surface area contributed by atoms with Crippen LogP contribution in [0.15, 0.2) is 54.6 Å². The molecule has 0 saturated heterocycles. The van der Waals surface area contributed by atoms with E-state index < -0.39 is 23.8 Å². The second-order valence-corrected chi connectivity index (χ2v) is 12.0. The minimum atomic E-state index is -4.87. The molecular weight excluding hydrogens is 613 g/mol. The molecule has 0 radical (unpaired) electrons. The fourth-order valence-electron chi connectivity index (χ4n) is 5.02. The Labute approximate surface area is 265 Å². The van der Waals surface area contributed by atoms with Gasteiger partial charge in [0, 0.05) is 47.9 Å². The van der Waals surface area contributed by atoms with Crippen LogP contribution in [0, 0.1) is 6.92 Å². The first-order chi connectivity index (χ1) is 21.1. The van der Waals surface area contributed by atoms with Crippen molar-refractivity contribution in [2.45, 2.75) is 65.0 Å². The number of nitrogens with zero attached hydrogens (tertiary/aromatic N) is 1. The molecule has 12 heteroatoms. The minimum Gasteiger partial charge on any atom is -0.497 e. The molecule has 0 bridgehead atoms. The molecule has 0 aromatic heterocycles. The summed E-state index contributed by atoms with van der Waals surface area (Å²) in [4.78, 5) is 27.7. The van der Waals surface area contributed by atoms with Crippen LogP contribution in [0.4, 0.5) is 24.5 Å². The lowest BCUT2D eigenvalue weighted by molar-refractivity contribution is -0.274. The highest BCUT2D eigenvalue weighted by Crippen LogP contribution is 2.39. The lowest BCUT2D eigenvalue weighted by atomic mass is 10.0. The SMILES string of the molecule is COc1cc(NC(C(=O)N2CCc3c(C)cc(OC(F)(F)F)cc32)c2ccc(Cl)cc2)cc(OCCCC(=O)OC(C)(C)C)c1. The second-order valence-electron chi connectivity index (χ2n) is 11.6. The Bertz CT molecular complexity index is 1520. The number of benzene rings is 3. The quantitative estimate of drug-likeness (QED) is 0.168. The largest absolute Gasteiger partial charge is 0.573 e. The maximum Gasteiger partial charge on any atom is 0.573 e. The zero-order chi connectivity index (χ0) is 32.9. The van der Waals surface area contributed by atoms with Crippen LogP contribution < -0.4 is 24.4 Å². The van der Waals surface area contributed by atoms with Gasteiger partial charge in [-0.1, -0.05) is 23.7 Å². The van der Waals surface area contributed by atoms with Gasteiger partial charge in [-0.05, 0) is 75.4 Å². The number of rotatable bonds is 11. The zero-order valence-corrected chi connectivity index (χ0v) is 26.5. The number of ether oxygens (including phenoxy) is 4. The van der Waals surface area contributed by atoms with E-state index in [0.29, 0.717) is 51.9 Å². The topological polar surface area (TPSA) is 86.3 Å². The van der Waals surface area contributed by atoms with Gasteiger partial charge in [0.05, 0.1) is 19.4 Å². The predicted molar refractivity (Wildman–Crippen MR) is 165 cm³/mol. The van der Waals surface area contributed by atoms with Crippen LogP contribution in [0.25, 0.3) is 0 Å². The first kappa shape index (κ1) is 33.8. The lowest BCUT2D eigenvalue weighted by Crippen LogP contribution is -2.37. The first-order valence-corrected chi connectivity index (χ1v) is 14.8. The molecule has 1 unspecified atom stereocenters. The number of fused-ring (bicyclic) bond motifs is 1. The number of hydrogen-bond acceptors (Lipinski definition) is 7. The van der Waals surface area contributed by atoms with Crippen molar-refractivity contribution < 1.29 is 41.7 Å². The van der Waals surface area contributed by atoms with Gasteiger partial charge in [-0.3, -0.25) is 9.59 Å². The number of nitrogens with one attached hydrogen (secondary N) is 1. The van der Waals surface area contributed by atoms with Crippen molar-refractivity contribution in [3.63, 3.8) is 0 Å². The Morgan fingerprint density at radius 1 is 1.00 bits per heavy atom. The molecular formula is C33H36ClF3N2O6. The molecule has 1 heterocycles. The Kier molecular flexibility index (Phi) is 10.4. The standard InChI is InChI=1S/C33H36ClF3N2O6/c1-20-15-26(44-33(35,36)37)19-28-27(20)12-13-39(28)31(41)30(21-8-10-22(34)11-9-21)38-23-16-24(42-5)18-25(17-23)43-14-6-7-29(40)45-32(2,3)4/h8-11,15-19,30,38H,6-7,12-14H2,1-5H3. The number of alkyl halides is 3. The summed E-state index contributed by atoms with van der Waals surface area (Å²) in [6, 6.07) is 13.4. The summed E-state index contributed by atoms with van der Waals surface area (Å²) in [7, 11) is 1.50. The van der Waals surface area contributed by atoms with E-state index in [2.05, 4.69) is 10.1 Å². The highest BCUT2D eigenvalue weighted by atomic mass is 35.5. The maximum atomic E-state index is 14.2. The molecule has 0 fully saturated rings. The van der Waals surface area contributed by atoms with Gasteiger partial charge in [-0.25, -0.2) is 0 Å². The van der Waals surface area contributed by atoms with E-state index >= 15 is 0 Å². The molecule has 1 N–H and O–H groups in total. The zero-order valence-electron chi connectivity index (χ0n) is 25.7. The number of carbonyl (C=O) groups is 2. The number of amides is 1. The molecule has 0 saturated carbocycles. The van der Waals surface area contributed by atoms with Crippen LogP contribution in [-0.4, -0.2) is 44.1 Å². The van der Waals surface area contributed by atoms with Crippen LogP contribution in [-0.2, 0) is 20.7 Å². The van der Waals surface area contributed by atoms with Crippen molar-refractivity contribution in [2.75, 3.05) is 30.5 Å². The Morgan fingerprint density at radius 3 is 2.33 bits per heavy atom. The molecule has 1 amide bonds. The number of esters is 1. The monoisotopic (exact) mass is 648 g/mol. The van der Waals surface area contributed by atoms with Crippen LogP contribution in [0.5, 0.6) is 17.2 Å². The van der Waals surface area contributed by atoms with Gasteiger partial charge >= 0.3 is 12.3 Å². The van der Waals surface area contributed by atoms with Gasteiger partial charge in [-0.2, -0.15) is 0 Å². The highest BCUT2D eigenvalue weighted by Gasteiger charge is 2.35. The Hall–Kier alpha value is -4.12. The van der Waals surface area contributed by atoms with E-state index in [0.717, 1.165) is 5.56 Å². The van der Waals surface area contributed by atoms with Gasteiger partial charge < -0.3 is 29.2 Å². The molecule has 4 rings (SSSR count). The number of carbonyl (C=O) groups excluding carboxylic acids is 2. The van der Waals surface area contributed by atoms with Crippen LogP contribution >= 0.6 is 11.6 Å². The van der Waals surface area contributed by atoms with E-state index in [1.165, 1.54) is 24.1 Å². The summed E-state index contributed by atoms with van der Waals surface area (Å²) in [6.07, 6.45) is -3.78. The molecule has 1 atom stereocenters. The van der Waals surface area contributed by atoms with Crippen molar-refractivity contribution in [2.24, 2.45) is 0 Å². The number of hydrogen-bond donors (Lipinski definition) is 1. The lowest BCUT2D eigenvalue weighted by Gasteiger charge is -2.27. The number of aryl methyl sites for hydroxylation is 1. The van der Waals surface area contributed by atoms with Gasteiger partial charge in [0.1, 0.15) is 28.9 Å². The van der Waals surface area contributed by atoms with Gasteiger partial charge in [0.2, 0.25) is 0 Å². The third kappa shape index (κ3) is 9.43. The molecule has 0 spiro atoms. The third-order valence-electron chi connectivity index (χ3n) is 6.89. The number of halogens is 4. The second kappa shape index (κ2) is 13.9. The molecule has 242 valence electrons. The van der Waals surface area contributed by atoms with Crippen molar-refractivity contribution in [1.29, 1.82) is 0 Å². The average molecular weight is 649 g/mol. The Balaban J connectivity index is 1.58. The summed E-state index contributed by atoms with van der Waals surface area (Å²) in [5.41, 5.74) is 2.24. The first-order valence-electron chi connectivity index (χ1n) is 14.4. The van der Waals surface area contributed by atoms with Gasteiger partial charge in [0.15, 0.2) is 0 Å². The minimum absolute atomic E-state index is 0.187. The molecule has 8 nitrogen and oxygen atoms in total. The van der Waals surface area contributed by atoms with E-state index in [-0.39, 0.29) is 31.4 Å². The van der Waals surface area contributed by atoms with Crippen molar-refractivity contribution in [3.8, 4) is 17.2 Å². The number of anilines is 2. The summed E-state index contributed by atoms with van der Waals surface area (Å²) < 4.78 is 60.0. The fourth-order valence-corrected chi connectivity index (χ4v) is 5.14. The van der Waals surface area contributed by atoms with E-state index in [1.807, 2.05) is 0 Å². The predicted octanol–water partition coefficient (Wildman–Crippen LogP) is 7.80. The summed E-state index contributed by atoms with van der Waals surface area (Å²) in [6.45, 7) is 7.61. The fraction of sp³-hybridized carbons (Fsp3) is 0.394. The smallest absolute Gasteiger partial charge is 0.497 e. The van der Waals surface area contributed by atoms with Crippen molar-refractivity contribution >= 4 is 34.9 Å². The molecule has 1 aliphatic heterocycles. The van der Waals surface area contributed by atoms with Crippen molar-refractivity contribution in [1.82, 2.24) is 0 Å². The van der Waals surface area contributed by atoms with E-state index in [9.17, 15) is 22.8 Å². The molecule has 45 heavy (non-hydrogen) atoms. The molecule has 1 aliphatic rings. The van der Waals surface area contributed by atoms with Crippen LogP contribution in [0.3, 0.4) is 0 Å². The molecule has 3 aromatic rings. The Morgan fingerprint density at radius 2 is 1.69 bits per heavy atom. The van der Waals surface area contributed by atoms with Gasteiger partial charge in [-0.15, -0.1) is 13.2 Å². The number of methoxy groups -OCH3 is 1. The third-order valence-corrected chi connectivity index (χ3v) is 7.14. The highest BCUT2D eigenvalue weighted by molar-refractivity contribution is 6.30. The summed E-state index contributed by atoms with van der Waals surface area (Å²) in [5, 5.41) is 3.74. The van der Waals surface area contributed by atoms with Crippen LogP contribution in [0.2, 0.25) is 5.02 Å².